The number of nitrogens with one attached hydrogen (secondary N) is 1. The maximum atomic E-state index is 13.2. The molecule has 1 aliphatic carbocycles. The molecule has 26 heavy (non-hydrogen) atoms. The van der Waals surface area contributed by atoms with Crippen LogP contribution in [-0.2, 0) is 16.1 Å². The number of carbonyl (C=O) groups is 2. The molecule has 144 valence electrons. The zero-order valence-corrected chi connectivity index (χ0v) is 16.0. The predicted octanol–water partition coefficient (Wildman–Crippen LogP) is 4.18. The highest BCUT2D eigenvalue weighted by molar-refractivity contribution is 5.87. The zero-order valence-electron chi connectivity index (χ0n) is 16.0. The number of amides is 2. The largest absolute Gasteiger partial charge is 0.352 e. The first-order valence-electron chi connectivity index (χ1n) is 9.89. The molecule has 1 saturated carbocycles. The van der Waals surface area contributed by atoms with Crippen molar-refractivity contribution < 1.29 is 14.0 Å². The van der Waals surface area contributed by atoms with Crippen molar-refractivity contribution in [1.82, 2.24) is 10.2 Å². The number of hydrogen-bond acceptors (Lipinski definition) is 2. The fraction of sp³-hybridized carbons (Fsp3) is 0.619. The van der Waals surface area contributed by atoms with E-state index in [1.165, 1.54) is 18.6 Å². The van der Waals surface area contributed by atoms with Crippen LogP contribution in [-0.4, -0.2) is 28.8 Å². The van der Waals surface area contributed by atoms with E-state index in [0.29, 0.717) is 19.4 Å². The third-order valence-corrected chi connectivity index (χ3v) is 5.07. The Morgan fingerprint density at radius 3 is 2.38 bits per heavy atom. The number of rotatable bonds is 8. The molecule has 0 aromatic heterocycles. The van der Waals surface area contributed by atoms with Crippen LogP contribution in [0.5, 0.6) is 0 Å². The fourth-order valence-corrected chi connectivity index (χ4v) is 3.61. The van der Waals surface area contributed by atoms with Crippen LogP contribution in [0.4, 0.5) is 4.39 Å². The minimum Gasteiger partial charge on any atom is -0.352 e. The van der Waals surface area contributed by atoms with Gasteiger partial charge in [-0.15, -0.1) is 0 Å². The Hall–Kier alpha value is -1.91. The number of benzene rings is 1. The molecule has 0 aliphatic heterocycles. The van der Waals surface area contributed by atoms with Crippen LogP contribution in [0.3, 0.4) is 0 Å². The van der Waals surface area contributed by atoms with E-state index < -0.39 is 6.04 Å². The molecule has 0 bridgehead atoms. The lowest BCUT2D eigenvalue weighted by Gasteiger charge is -2.32. The van der Waals surface area contributed by atoms with Gasteiger partial charge in [-0.05, 0) is 43.4 Å². The molecule has 0 spiro atoms. The van der Waals surface area contributed by atoms with E-state index in [9.17, 15) is 14.0 Å². The Balaban J connectivity index is 2.12. The molecule has 1 atom stereocenters. The first-order chi connectivity index (χ1) is 12.5. The summed E-state index contributed by atoms with van der Waals surface area (Å²) in [5, 5.41) is 3.15. The summed E-state index contributed by atoms with van der Waals surface area (Å²) in [5.41, 5.74) is 0.833. The maximum Gasteiger partial charge on any atom is 0.243 e. The molecule has 0 saturated heterocycles. The highest BCUT2D eigenvalue weighted by Crippen LogP contribution is 2.19. The molecule has 1 unspecified atom stereocenters. The molecule has 0 radical (unpaired) electrons. The van der Waals surface area contributed by atoms with Crippen LogP contribution in [0.2, 0.25) is 0 Å². The molecule has 2 amide bonds. The van der Waals surface area contributed by atoms with Crippen molar-refractivity contribution in [2.75, 3.05) is 0 Å². The topological polar surface area (TPSA) is 49.4 Å². The molecule has 5 heteroatoms. The summed E-state index contributed by atoms with van der Waals surface area (Å²) in [6.45, 7) is 4.22. The van der Waals surface area contributed by atoms with E-state index in [1.54, 1.807) is 17.0 Å². The molecule has 1 aromatic rings. The van der Waals surface area contributed by atoms with E-state index >= 15 is 0 Å². The summed E-state index contributed by atoms with van der Waals surface area (Å²) in [6, 6.07) is 5.86. The lowest BCUT2D eigenvalue weighted by molar-refractivity contribution is -0.141. The van der Waals surface area contributed by atoms with E-state index in [2.05, 4.69) is 5.32 Å². The first kappa shape index (κ1) is 20.4. The highest BCUT2D eigenvalue weighted by Gasteiger charge is 2.29. The molecule has 1 aliphatic rings. The standard InChI is InChI=1S/C21H31FN2O2/c1-3-8-20(25)24(15-16-11-13-17(22)14-12-16)19(4-2)21(26)23-18-9-6-5-7-10-18/h11-14,18-19H,3-10,15H2,1-2H3,(H,23,26). The molecular formula is C21H31FN2O2. The quantitative estimate of drug-likeness (QED) is 0.754. The second-order valence-electron chi connectivity index (χ2n) is 7.17. The molecule has 1 aromatic carbocycles. The minimum absolute atomic E-state index is 0.0255. The van der Waals surface area contributed by atoms with Crippen LogP contribution < -0.4 is 5.32 Å². The van der Waals surface area contributed by atoms with Gasteiger partial charge in [0.15, 0.2) is 0 Å². The Kier molecular flexibility index (Phi) is 8.07. The number of nitrogens with zero attached hydrogens (tertiary/aromatic N) is 1. The first-order valence-corrected chi connectivity index (χ1v) is 9.89. The fourth-order valence-electron chi connectivity index (χ4n) is 3.61. The van der Waals surface area contributed by atoms with Crippen molar-refractivity contribution in [3.8, 4) is 0 Å². The third-order valence-electron chi connectivity index (χ3n) is 5.07. The maximum absolute atomic E-state index is 13.2. The number of halogens is 1. The zero-order chi connectivity index (χ0) is 18.9. The van der Waals surface area contributed by atoms with Gasteiger partial charge < -0.3 is 10.2 Å². The normalized spacial score (nSPS) is 16.1. The van der Waals surface area contributed by atoms with E-state index in [-0.39, 0.29) is 23.7 Å². The number of carbonyl (C=O) groups excluding carboxylic acids is 2. The van der Waals surface area contributed by atoms with Crippen LogP contribution in [0, 0.1) is 5.82 Å². The average Bonchev–Trinajstić information content (AvgIpc) is 2.64. The van der Waals surface area contributed by atoms with Crippen LogP contribution >= 0.6 is 0 Å². The SMILES string of the molecule is CCCC(=O)N(Cc1ccc(F)cc1)C(CC)C(=O)NC1CCCCC1. The Labute approximate surface area is 156 Å². The molecule has 2 rings (SSSR count). The summed E-state index contributed by atoms with van der Waals surface area (Å²) in [7, 11) is 0. The number of hydrogen-bond donors (Lipinski definition) is 1. The summed E-state index contributed by atoms with van der Waals surface area (Å²) >= 11 is 0. The summed E-state index contributed by atoms with van der Waals surface area (Å²) in [5.74, 6) is -0.393. The van der Waals surface area contributed by atoms with Gasteiger partial charge in [0.05, 0.1) is 0 Å². The van der Waals surface area contributed by atoms with Crippen molar-refractivity contribution in [3.05, 3.63) is 35.6 Å². The van der Waals surface area contributed by atoms with E-state index in [1.807, 2.05) is 13.8 Å². The van der Waals surface area contributed by atoms with Crippen molar-refractivity contribution >= 4 is 11.8 Å². The molecule has 0 heterocycles. The van der Waals surface area contributed by atoms with Crippen molar-refractivity contribution in [2.24, 2.45) is 0 Å². The van der Waals surface area contributed by atoms with Gasteiger partial charge in [0.25, 0.3) is 0 Å². The van der Waals surface area contributed by atoms with E-state index in [0.717, 1.165) is 37.7 Å². The van der Waals surface area contributed by atoms with Crippen LogP contribution in [0.1, 0.15) is 70.8 Å². The molecule has 1 fully saturated rings. The molecule has 1 N–H and O–H groups in total. The van der Waals surface area contributed by atoms with Gasteiger partial charge in [0.1, 0.15) is 11.9 Å². The Bertz CT molecular complexity index is 582. The van der Waals surface area contributed by atoms with Gasteiger partial charge in [-0.2, -0.15) is 0 Å². The average molecular weight is 362 g/mol. The highest BCUT2D eigenvalue weighted by atomic mass is 19.1. The van der Waals surface area contributed by atoms with Gasteiger partial charge in [-0.1, -0.05) is 45.2 Å². The van der Waals surface area contributed by atoms with Crippen molar-refractivity contribution in [1.29, 1.82) is 0 Å². The second-order valence-corrected chi connectivity index (χ2v) is 7.17. The van der Waals surface area contributed by atoms with Gasteiger partial charge in [-0.25, -0.2) is 4.39 Å². The van der Waals surface area contributed by atoms with E-state index in [4.69, 9.17) is 0 Å². The van der Waals surface area contributed by atoms with Gasteiger partial charge >= 0.3 is 0 Å². The second kappa shape index (κ2) is 10.3. The summed E-state index contributed by atoms with van der Waals surface area (Å²) < 4.78 is 13.2. The van der Waals surface area contributed by atoms with Crippen molar-refractivity contribution in [3.63, 3.8) is 0 Å². The summed E-state index contributed by atoms with van der Waals surface area (Å²) in [4.78, 5) is 27.2. The lowest BCUT2D eigenvalue weighted by atomic mass is 9.95. The minimum atomic E-state index is -0.485. The summed E-state index contributed by atoms with van der Waals surface area (Å²) in [6.07, 6.45) is 7.27. The van der Waals surface area contributed by atoms with Gasteiger partial charge in [0, 0.05) is 19.0 Å². The van der Waals surface area contributed by atoms with Crippen LogP contribution in [0.25, 0.3) is 0 Å². The Morgan fingerprint density at radius 2 is 1.81 bits per heavy atom. The molecule has 4 nitrogen and oxygen atoms in total. The van der Waals surface area contributed by atoms with Crippen LogP contribution in [0.15, 0.2) is 24.3 Å². The van der Waals surface area contributed by atoms with Gasteiger partial charge in [0.2, 0.25) is 11.8 Å². The lowest BCUT2D eigenvalue weighted by Crippen LogP contribution is -2.51. The van der Waals surface area contributed by atoms with Crippen molar-refractivity contribution in [2.45, 2.75) is 83.8 Å². The van der Waals surface area contributed by atoms with Gasteiger partial charge in [-0.3, -0.25) is 9.59 Å². The molecular weight excluding hydrogens is 331 g/mol. The monoisotopic (exact) mass is 362 g/mol. The predicted molar refractivity (Wildman–Crippen MR) is 101 cm³/mol. The smallest absolute Gasteiger partial charge is 0.243 e. The Morgan fingerprint density at radius 1 is 1.15 bits per heavy atom. The third kappa shape index (κ3) is 5.82.